The van der Waals surface area contributed by atoms with Crippen molar-refractivity contribution in [3.63, 3.8) is 0 Å². The van der Waals surface area contributed by atoms with E-state index in [-0.39, 0.29) is 11.5 Å². The molecule has 0 N–H and O–H groups in total. The normalized spacial score (nSPS) is 14.9. The van der Waals surface area contributed by atoms with Gasteiger partial charge in [-0.1, -0.05) is 47.6 Å². The molecule has 1 aromatic heterocycles. The summed E-state index contributed by atoms with van der Waals surface area (Å²) >= 11 is 1.33. The minimum Gasteiger partial charge on any atom is -0.378 e. The highest BCUT2D eigenvalue weighted by Gasteiger charge is 2.24. The molecule has 8 heteroatoms. The number of amides is 1. The quantitative estimate of drug-likeness (QED) is 0.293. The monoisotopic (exact) mass is 395 g/mol. The number of nitrogens with zero attached hydrogens (tertiary/aromatic N) is 3. The molecule has 0 radical (unpaired) electrons. The van der Waals surface area contributed by atoms with Gasteiger partial charge >= 0.3 is 6.09 Å². The number of rotatable bonds is 4. The molecule has 1 aliphatic heterocycles. The van der Waals surface area contributed by atoms with Crippen LogP contribution in [0.4, 0.5) is 4.79 Å². The number of hydrogen-bond donors (Lipinski definition) is 0. The molecule has 0 unspecified atom stereocenters. The second-order valence-corrected chi connectivity index (χ2v) is 7.11. The highest BCUT2D eigenvalue weighted by molar-refractivity contribution is 7.21. The molecule has 1 fully saturated rings. The van der Waals surface area contributed by atoms with Gasteiger partial charge in [-0.2, -0.15) is 0 Å². The predicted octanol–water partition coefficient (Wildman–Crippen LogP) is 3.35. The van der Waals surface area contributed by atoms with Crippen LogP contribution in [-0.2, 0) is 9.57 Å². The molecule has 142 valence electrons. The van der Waals surface area contributed by atoms with Gasteiger partial charge in [-0.3, -0.25) is 9.63 Å². The smallest absolute Gasteiger partial charge is 0.378 e. The lowest BCUT2D eigenvalue weighted by atomic mass is 10.1. The molecule has 1 aliphatic rings. The van der Waals surface area contributed by atoms with E-state index in [1.165, 1.54) is 16.2 Å². The minimum absolute atomic E-state index is 0.00834. The number of carbonyl (C=O) groups is 2. The van der Waals surface area contributed by atoms with Crippen LogP contribution in [0.3, 0.4) is 0 Å². The molecule has 7 nitrogen and oxygen atoms in total. The van der Waals surface area contributed by atoms with Crippen LogP contribution in [0.1, 0.15) is 15.4 Å². The molecular weight excluding hydrogens is 378 g/mol. The number of carbonyl (C=O) groups excluding carboxylic acids is 2. The van der Waals surface area contributed by atoms with Crippen molar-refractivity contribution in [3.8, 4) is 0 Å². The molecule has 0 spiro atoms. The molecule has 1 amide bonds. The van der Waals surface area contributed by atoms with Crippen molar-refractivity contribution in [2.24, 2.45) is 5.16 Å². The molecule has 0 aliphatic carbocycles. The Balaban J connectivity index is 1.66. The number of benzene rings is 2. The first-order valence-electron chi connectivity index (χ1n) is 8.80. The van der Waals surface area contributed by atoms with Gasteiger partial charge in [0.25, 0.3) is 0 Å². The van der Waals surface area contributed by atoms with Gasteiger partial charge in [0.05, 0.1) is 23.4 Å². The average molecular weight is 395 g/mol. The Morgan fingerprint density at radius 1 is 1.04 bits per heavy atom. The van der Waals surface area contributed by atoms with Crippen LogP contribution in [-0.4, -0.2) is 53.8 Å². The second-order valence-electron chi connectivity index (χ2n) is 6.08. The summed E-state index contributed by atoms with van der Waals surface area (Å²) < 4.78 is 6.15. The van der Waals surface area contributed by atoms with Crippen molar-refractivity contribution in [1.82, 2.24) is 9.88 Å². The lowest BCUT2D eigenvalue weighted by Gasteiger charge is -2.24. The first kappa shape index (κ1) is 18.3. The lowest BCUT2D eigenvalue weighted by Crippen LogP contribution is -2.40. The summed E-state index contributed by atoms with van der Waals surface area (Å²) in [7, 11) is 0. The Bertz CT molecular complexity index is 993. The predicted molar refractivity (Wildman–Crippen MR) is 106 cm³/mol. The average Bonchev–Trinajstić information content (AvgIpc) is 3.18. The molecule has 28 heavy (non-hydrogen) atoms. The van der Waals surface area contributed by atoms with Crippen molar-refractivity contribution in [1.29, 1.82) is 0 Å². The number of oxime groups is 1. The summed E-state index contributed by atoms with van der Waals surface area (Å²) in [6.07, 6.45) is -0.609. The van der Waals surface area contributed by atoms with Gasteiger partial charge in [0.2, 0.25) is 5.78 Å². The molecule has 4 rings (SSSR count). The third kappa shape index (κ3) is 3.92. The minimum atomic E-state index is -0.609. The Kier molecular flexibility index (Phi) is 5.41. The third-order valence-electron chi connectivity index (χ3n) is 4.23. The standard InChI is InChI=1S/C20H17N3O4S/c24-18(14-6-2-1-3-7-14)17(19-21-15-8-4-5-9-16(15)28-19)22-27-20(25)23-10-12-26-13-11-23/h1-9H,10-13H2. The Labute approximate surface area is 165 Å². The maximum absolute atomic E-state index is 13.0. The maximum atomic E-state index is 13.0. The molecule has 0 saturated carbocycles. The fourth-order valence-electron chi connectivity index (χ4n) is 2.77. The summed E-state index contributed by atoms with van der Waals surface area (Å²) in [4.78, 5) is 36.4. The number of fused-ring (bicyclic) bond motifs is 1. The zero-order valence-electron chi connectivity index (χ0n) is 14.9. The zero-order valence-corrected chi connectivity index (χ0v) is 15.7. The molecule has 2 aromatic carbocycles. The molecule has 3 aromatic rings. The fraction of sp³-hybridized carbons (Fsp3) is 0.200. The number of para-hydroxylation sites is 1. The topological polar surface area (TPSA) is 81.1 Å². The van der Waals surface area contributed by atoms with E-state index in [9.17, 15) is 9.59 Å². The summed E-state index contributed by atoms with van der Waals surface area (Å²) in [5.41, 5.74) is 1.22. The highest BCUT2D eigenvalue weighted by atomic mass is 32.1. The largest absolute Gasteiger partial charge is 0.436 e. The van der Waals surface area contributed by atoms with Gasteiger partial charge in [0.15, 0.2) is 10.7 Å². The van der Waals surface area contributed by atoms with Crippen molar-refractivity contribution in [2.45, 2.75) is 0 Å². The summed E-state index contributed by atoms with van der Waals surface area (Å²) in [5.74, 6) is -0.352. The van der Waals surface area contributed by atoms with Gasteiger partial charge in [-0.05, 0) is 12.1 Å². The van der Waals surface area contributed by atoms with Crippen molar-refractivity contribution in [3.05, 3.63) is 65.2 Å². The maximum Gasteiger partial charge on any atom is 0.436 e. The van der Waals surface area contributed by atoms with E-state index in [2.05, 4.69) is 10.1 Å². The summed E-state index contributed by atoms with van der Waals surface area (Å²) in [6.45, 7) is 1.76. The zero-order chi connectivity index (χ0) is 19.3. The van der Waals surface area contributed by atoms with E-state index in [1.54, 1.807) is 24.3 Å². The van der Waals surface area contributed by atoms with Crippen LogP contribution >= 0.6 is 11.3 Å². The fourth-order valence-corrected chi connectivity index (χ4v) is 3.71. The lowest BCUT2D eigenvalue weighted by molar-refractivity contribution is 0.0279. The van der Waals surface area contributed by atoms with E-state index < -0.39 is 6.09 Å². The van der Waals surface area contributed by atoms with Crippen LogP contribution in [0, 0.1) is 0 Å². The number of ketones is 1. The molecule has 0 atom stereocenters. The Morgan fingerprint density at radius 3 is 2.50 bits per heavy atom. The molecule has 0 bridgehead atoms. The first-order chi connectivity index (χ1) is 13.7. The number of aromatic nitrogens is 1. The van der Waals surface area contributed by atoms with Gasteiger partial charge < -0.3 is 9.64 Å². The van der Waals surface area contributed by atoms with Gasteiger partial charge in [0.1, 0.15) is 0 Å². The van der Waals surface area contributed by atoms with Crippen LogP contribution in [0.25, 0.3) is 10.2 Å². The Morgan fingerprint density at radius 2 is 1.75 bits per heavy atom. The SMILES string of the molecule is O=C(C(=NOC(=O)N1CCOCC1)c1nc2ccccc2s1)c1ccccc1. The number of morpholine rings is 1. The number of hydrogen-bond acceptors (Lipinski definition) is 7. The summed E-state index contributed by atoms with van der Waals surface area (Å²) in [5, 5.41) is 4.33. The van der Waals surface area contributed by atoms with Crippen molar-refractivity contribution >= 4 is 39.1 Å². The molecule has 2 heterocycles. The van der Waals surface area contributed by atoms with Crippen LogP contribution in [0.5, 0.6) is 0 Å². The summed E-state index contributed by atoms with van der Waals surface area (Å²) in [6, 6.07) is 16.3. The number of Topliss-reactive ketones (excluding diaryl/α,β-unsaturated/α-hetero) is 1. The molecular formula is C20H17N3O4S. The second kappa shape index (κ2) is 8.28. The number of thiazole rings is 1. The van der Waals surface area contributed by atoms with Crippen LogP contribution in [0.15, 0.2) is 59.8 Å². The molecule has 1 saturated heterocycles. The van der Waals surface area contributed by atoms with E-state index in [4.69, 9.17) is 9.57 Å². The van der Waals surface area contributed by atoms with Gasteiger partial charge in [-0.25, -0.2) is 9.78 Å². The van der Waals surface area contributed by atoms with Gasteiger partial charge in [0, 0.05) is 18.7 Å². The number of ether oxygens (including phenoxy) is 1. The van der Waals surface area contributed by atoms with E-state index in [1.807, 2.05) is 30.3 Å². The third-order valence-corrected chi connectivity index (χ3v) is 5.27. The highest BCUT2D eigenvalue weighted by Crippen LogP contribution is 2.23. The van der Waals surface area contributed by atoms with Gasteiger partial charge in [-0.15, -0.1) is 11.3 Å². The van der Waals surface area contributed by atoms with Crippen molar-refractivity contribution in [2.75, 3.05) is 26.3 Å². The first-order valence-corrected chi connectivity index (χ1v) is 9.61. The Hall–Kier alpha value is -3.10. The van der Waals surface area contributed by atoms with E-state index >= 15 is 0 Å². The van der Waals surface area contributed by atoms with E-state index in [0.29, 0.717) is 36.9 Å². The van der Waals surface area contributed by atoms with Crippen LogP contribution in [0.2, 0.25) is 0 Å². The van der Waals surface area contributed by atoms with E-state index in [0.717, 1.165) is 10.2 Å². The van der Waals surface area contributed by atoms with Crippen molar-refractivity contribution < 1.29 is 19.2 Å². The van der Waals surface area contributed by atoms with Crippen LogP contribution < -0.4 is 0 Å².